The van der Waals surface area contributed by atoms with Gasteiger partial charge in [0.25, 0.3) is 60.7 Å². The van der Waals surface area contributed by atoms with Crippen LogP contribution in [-0.2, 0) is 140 Å². The number of hydrogen-bond donors (Lipinski definition) is 23. The molecule has 1 atom stereocenters. The first-order chi connectivity index (χ1) is 66.8. The minimum absolute atomic E-state index is 0.0289. The SMILES string of the molecule is CCC(N)C(=O)O.CCCCCCCCCCCCCCCOC(=O)O.CCCCCCO[N+](C)(C)CCCCS(=O)(=O)[O-].CCCCS(=O)(=O)O.C[N+](C)(CCO)CCCCS(=O)(=O)[O-].C[N+](C)(CCO)CCCS(=O)(=O)[O-].NC(=O)CCCCS(=O)(=O)O.NCCOS(=O)(=O)O.NCCS(=O)(=O)O.NCS(=O)(=O)O.O=C(O)CS.O=S(=O)(O)CCCC(CO)(CO)CO.O=S(=O)(O)CCN(CCO)CCO.O=S(=O)=O. The first-order valence-corrected chi connectivity index (χ1v) is 63.2. The molecule has 0 rings (SSSR count). The molecule has 0 saturated heterocycles. The molecule has 0 aliphatic rings. The fourth-order valence-electron chi connectivity index (χ4n) is 9.48. The Morgan fingerprint density at radius 3 is 0.959 bits per heavy atom. The lowest BCUT2D eigenvalue weighted by atomic mass is 9.86. The van der Waals surface area contributed by atoms with Crippen LogP contribution in [-0.4, -0.2) is 473 Å². The summed E-state index contributed by atoms with van der Waals surface area (Å²) in [7, 11) is -31.2. The summed E-state index contributed by atoms with van der Waals surface area (Å²) in [6, 6.07) is -0.681. The highest BCUT2D eigenvalue weighted by atomic mass is 32.3. The van der Waals surface area contributed by atoms with Crippen molar-refractivity contribution in [3.63, 3.8) is 0 Å². The van der Waals surface area contributed by atoms with Crippen molar-refractivity contribution in [3.05, 3.63) is 0 Å². The predicted molar refractivity (Wildman–Crippen MR) is 548 cm³/mol. The lowest BCUT2D eigenvalue weighted by Crippen LogP contribution is -2.43. The smallest absolute Gasteiger partial charge is 0.505 e. The van der Waals surface area contributed by atoms with Crippen molar-refractivity contribution >= 4 is 149 Å². The summed E-state index contributed by atoms with van der Waals surface area (Å²) < 4.78 is 324. The quantitative estimate of drug-likeness (QED) is 0.00799. The van der Waals surface area contributed by atoms with Crippen molar-refractivity contribution in [3.8, 4) is 0 Å². The standard InChI is InChI=1S/C16H32O3.C12H27NO4S.C8H19NO4S.C7H17NO4S.C7H16O6S.C6H15NO5S.C5H11NO4S.C4H9NO2.C4H10O3S.C2H7NO4S.C2H7NO3S.C2H4O2S.CH5NO3S.O3S/c1-2-3-4-5-6-7-8-9-10-11-12-13-14-15-19-16(17)18;1-4-5-6-8-11-17-13(2,3)10-7-9-12-18(14,15)16;1-9(2,6-7-10)5-3-4-8-14(11,12)13;1-8(2,5-6-9)4-3-7-13(10,11)12;8-4-7(5-9,6-10)2-1-3-14(11,12)13;8-4-1-7(2-5-9)3-6-13(10,11)12;6-5(7)3-1-2-4-11(8,9)10;1-2-3(5)4(6)7;1-2-3-4-8(5,6)7;3-1-2-7-8(4,5)6;3-1-2-7(4,5)6;3-2(4)1-5;2-1-6(3,4)5;1-4(2)3/h2-15H2,1H3,(H,17,18);4-12H2,1-3H3;10H,3-8H2,1-2H3;9H,3-7H2,1-2H3;8-10H,1-6H2,(H,11,12,13);8-9H,1-6H2,(H,10,11,12);1-4H2,(H2,6,7)(H,8,9,10);3H,2,5H2,1H3,(H,6,7);2-4H2,1H3,(H,5,6,7);1-3H2,(H,4,5,6);1-3H2,(H,4,5,6);5H,1H2,(H,3,4);1-2H2,(H,3,4,5);. The van der Waals surface area contributed by atoms with Crippen molar-refractivity contribution in [2.24, 2.45) is 34.1 Å². The number of aliphatic hydroxyl groups excluding tert-OH is 7. The second kappa shape index (κ2) is 105. The van der Waals surface area contributed by atoms with Gasteiger partial charge in [-0.1, -0.05) is 130 Å². The Morgan fingerprint density at radius 2 is 0.707 bits per heavy atom. The topological polar surface area (TPSA) is 1040 Å². The fraction of sp³-hybridized carbons (Fsp3) is 0.947. The second-order valence-electron chi connectivity index (χ2n) is 33.1. The van der Waals surface area contributed by atoms with Gasteiger partial charge in [-0.2, -0.15) is 76.2 Å². The highest BCUT2D eigenvalue weighted by Crippen LogP contribution is 2.22. The number of thiol groups is 1. The van der Waals surface area contributed by atoms with Crippen LogP contribution in [0.3, 0.4) is 0 Å². The third kappa shape index (κ3) is 207. The number of aliphatic hydroxyl groups is 7. The van der Waals surface area contributed by atoms with Gasteiger partial charge in [0.1, 0.15) is 38.2 Å². The summed E-state index contributed by atoms with van der Waals surface area (Å²) >= 11 is 3.42. The molecule has 27 N–H and O–H groups in total. The molecule has 0 bridgehead atoms. The maximum absolute atomic E-state index is 10.4. The van der Waals surface area contributed by atoms with E-state index in [1.807, 2.05) is 49.2 Å². The number of quaternary nitrogens is 3. The number of unbranched alkanes of at least 4 members (excludes halogenated alkanes) is 19. The van der Waals surface area contributed by atoms with Gasteiger partial charge in [0.15, 0.2) is 0 Å². The third-order valence-electron chi connectivity index (χ3n) is 17.5. The number of carbonyl (C=O) groups excluding carboxylic acids is 1. The molecule has 0 aromatic rings. The number of hydrogen-bond acceptors (Lipinski definition) is 46. The van der Waals surface area contributed by atoms with E-state index in [4.69, 9.17) is 123 Å². The molecular formula is C76H179N9O50S12. The zero-order chi connectivity index (χ0) is 119. The van der Waals surface area contributed by atoms with Gasteiger partial charge in [-0.15, -0.1) is 12.6 Å². The van der Waals surface area contributed by atoms with Gasteiger partial charge >= 0.3 is 39.1 Å². The van der Waals surface area contributed by atoms with Gasteiger partial charge < -0.3 is 107 Å². The van der Waals surface area contributed by atoms with Crippen LogP contribution in [0.1, 0.15) is 220 Å². The van der Waals surface area contributed by atoms with Crippen LogP contribution in [0.4, 0.5) is 4.79 Å². The number of primary amides is 1. The van der Waals surface area contributed by atoms with Crippen molar-refractivity contribution < 1.29 is 240 Å². The molecule has 900 valence electrons. The van der Waals surface area contributed by atoms with Crippen LogP contribution < -0.4 is 28.7 Å². The lowest BCUT2D eigenvalue weighted by Gasteiger charge is -2.29. The van der Waals surface area contributed by atoms with Crippen LogP contribution >= 0.6 is 12.6 Å². The second-order valence-corrected chi connectivity index (χ2v) is 48.8. The third-order valence-corrected chi connectivity index (χ3v) is 24.9. The summed E-state index contributed by atoms with van der Waals surface area (Å²) in [5.41, 5.74) is 22.8. The molecule has 0 fully saturated rings. The van der Waals surface area contributed by atoms with E-state index in [1.165, 1.54) is 89.9 Å². The number of ether oxygens (including phenoxy) is 1. The molecule has 0 aliphatic carbocycles. The number of rotatable bonds is 69. The molecule has 0 radical (unpaired) electrons. The Kier molecular flexibility index (Phi) is 124. The number of carbonyl (C=O) groups is 4. The first kappa shape index (κ1) is 173. The van der Waals surface area contributed by atoms with Gasteiger partial charge in [-0.05, 0) is 70.6 Å². The monoisotopic (exact) mass is 2400 g/mol. The van der Waals surface area contributed by atoms with Crippen molar-refractivity contribution in [2.45, 2.75) is 226 Å². The Hall–Kier alpha value is -3.93. The van der Waals surface area contributed by atoms with Crippen molar-refractivity contribution in [1.82, 2.24) is 4.90 Å². The molecule has 1 unspecified atom stereocenters. The number of carboxylic acid groups (broad SMARTS) is 3. The van der Waals surface area contributed by atoms with Gasteiger partial charge in [0.2, 0.25) is 5.91 Å². The fourth-order valence-corrected chi connectivity index (χ4v) is 13.9. The Bertz CT molecular complexity index is 4430. The molecule has 0 aromatic heterocycles. The summed E-state index contributed by atoms with van der Waals surface area (Å²) in [5, 5.41) is 85.1. The molecule has 0 aliphatic heterocycles. The molecule has 0 saturated carbocycles. The van der Waals surface area contributed by atoms with E-state index in [2.05, 4.69) is 41.1 Å². The maximum atomic E-state index is 10.4. The summed E-state index contributed by atoms with van der Waals surface area (Å²) in [5.74, 6) is -5.52. The average molecular weight is 2400 g/mol. The van der Waals surface area contributed by atoms with Crippen LogP contribution in [0.5, 0.6) is 0 Å². The first-order valence-electron chi connectivity index (χ1n) is 45.9. The molecule has 147 heavy (non-hydrogen) atoms. The van der Waals surface area contributed by atoms with E-state index in [9.17, 15) is 117 Å². The van der Waals surface area contributed by atoms with Crippen LogP contribution in [0, 0.1) is 5.41 Å². The van der Waals surface area contributed by atoms with E-state index in [0.717, 1.165) is 45.4 Å². The van der Waals surface area contributed by atoms with Crippen LogP contribution in [0.15, 0.2) is 0 Å². The number of likely N-dealkylation sites (N-methyl/N-ethyl adjacent to an activating group) is 2. The normalized spacial score (nSPS) is 11.9. The molecular weight excluding hydrogens is 2220 g/mol. The van der Waals surface area contributed by atoms with Crippen molar-refractivity contribution in [2.75, 3.05) is 231 Å². The number of nitrogens with zero attached hydrogens (tertiary/aromatic N) is 4. The molecule has 1 amide bonds. The van der Waals surface area contributed by atoms with Gasteiger partial charge in [0, 0.05) is 74.7 Å². The highest BCUT2D eigenvalue weighted by molar-refractivity contribution is 7.87. The zero-order valence-electron chi connectivity index (χ0n) is 86.2. The number of nitrogens with two attached hydrogens (primary N) is 5. The molecule has 0 heterocycles. The van der Waals surface area contributed by atoms with E-state index < -0.39 is 179 Å². The van der Waals surface area contributed by atoms with Gasteiger partial charge in [-0.25, -0.2) is 39.1 Å². The Labute approximate surface area is 879 Å². The van der Waals surface area contributed by atoms with Gasteiger partial charge in [-0.3, -0.25) is 51.2 Å². The molecule has 71 heteroatoms. The van der Waals surface area contributed by atoms with Crippen LogP contribution in [0.2, 0.25) is 0 Å². The predicted octanol–water partition coefficient (Wildman–Crippen LogP) is -1.78. The largest absolute Gasteiger partial charge is 0.748 e. The minimum Gasteiger partial charge on any atom is -0.748 e. The summed E-state index contributed by atoms with van der Waals surface area (Å²) in [4.78, 5) is 46.6. The lowest BCUT2D eigenvalue weighted by molar-refractivity contribution is -1.08. The number of aliphatic carboxylic acids is 2. The average Bonchev–Trinajstić information content (AvgIpc) is 0.887. The summed E-state index contributed by atoms with van der Waals surface area (Å²) in [6.45, 7) is 11.7. The molecule has 59 nitrogen and oxygen atoms in total. The Morgan fingerprint density at radius 1 is 0.395 bits per heavy atom. The summed E-state index contributed by atoms with van der Waals surface area (Å²) in [6.07, 6.45) is 25.8. The number of hydroxylamine groups is 3. The van der Waals surface area contributed by atoms with Crippen molar-refractivity contribution in [1.29, 1.82) is 0 Å². The Balaban J connectivity index is -0.000000110. The number of carboxylic acids is 2. The highest BCUT2D eigenvalue weighted by Gasteiger charge is 2.28. The zero-order valence-corrected chi connectivity index (χ0v) is 96.1. The van der Waals surface area contributed by atoms with Gasteiger partial charge in [0.05, 0.1) is 180 Å². The van der Waals surface area contributed by atoms with E-state index in [1.54, 1.807) is 11.8 Å². The van der Waals surface area contributed by atoms with E-state index in [0.29, 0.717) is 91.2 Å². The molecule has 0 aromatic carbocycles. The van der Waals surface area contributed by atoms with Crippen LogP contribution in [0.25, 0.3) is 0 Å². The number of amides is 1. The maximum Gasteiger partial charge on any atom is 0.505 e. The molecule has 0 spiro atoms. The minimum atomic E-state index is -4.27. The van der Waals surface area contributed by atoms with E-state index >= 15 is 0 Å². The van der Waals surface area contributed by atoms with E-state index in [-0.39, 0.29) is 137 Å².